The fourth-order valence-electron chi connectivity index (χ4n) is 2.70. The highest BCUT2D eigenvalue weighted by Crippen LogP contribution is 2.20. The Balaban J connectivity index is 2.34. The lowest BCUT2D eigenvalue weighted by Crippen LogP contribution is -2.39. The van der Waals surface area contributed by atoms with Gasteiger partial charge in [-0.3, -0.25) is 4.90 Å². The van der Waals surface area contributed by atoms with Crippen molar-refractivity contribution < 1.29 is 4.74 Å². The first kappa shape index (κ1) is 16.9. The predicted octanol–water partition coefficient (Wildman–Crippen LogP) is 1.27. The maximum Gasteiger partial charge on any atom is 0.0707 e. The van der Waals surface area contributed by atoms with Crippen LogP contribution >= 0.6 is 0 Å². The molecule has 1 saturated heterocycles. The Morgan fingerprint density at radius 1 is 1.16 bits per heavy atom. The highest BCUT2D eigenvalue weighted by molar-refractivity contribution is 4.78. The van der Waals surface area contributed by atoms with E-state index in [1.165, 1.54) is 19.4 Å². The van der Waals surface area contributed by atoms with Crippen LogP contribution in [0.5, 0.6) is 0 Å². The zero-order valence-corrected chi connectivity index (χ0v) is 13.5. The van der Waals surface area contributed by atoms with Gasteiger partial charge in [0.2, 0.25) is 0 Å². The molecular weight excluding hydrogens is 238 g/mol. The molecule has 0 aliphatic carbocycles. The second-order valence-corrected chi connectivity index (χ2v) is 6.47. The van der Waals surface area contributed by atoms with Crippen molar-refractivity contribution in [3.63, 3.8) is 0 Å². The van der Waals surface area contributed by atoms with Gasteiger partial charge in [0.1, 0.15) is 0 Å². The van der Waals surface area contributed by atoms with E-state index in [9.17, 15) is 0 Å². The van der Waals surface area contributed by atoms with Gasteiger partial charge in [-0.1, -0.05) is 13.8 Å². The lowest BCUT2D eigenvalue weighted by atomic mass is 10.1. The minimum absolute atomic E-state index is 0.421. The molecule has 4 heteroatoms. The van der Waals surface area contributed by atoms with Crippen LogP contribution in [0.1, 0.15) is 26.7 Å². The zero-order chi connectivity index (χ0) is 14.3. The molecule has 2 unspecified atom stereocenters. The zero-order valence-electron chi connectivity index (χ0n) is 13.5. The summed E-state index contributed by atoms with van der Waals surface area (Å²) in [5.74, 6) is 0.719. The Labute approximate surface area is 119 Å². The number of hydrogen-bond donors (Lipinski definition) is 1. The van der Waals surface area contributed by atoms with Crippen LogP contribution in [0.15, 0.2) is 0 Å². The topological polar surface area (TPSA) is 27.7 Å². The molecule has 1 aliphatic rings. The van der Waals surface area contributed by atoms with E-state index >= 15 is 0 Å². The van der Waals surface area contributed by atoms with Crippen LogP contribution in [0, 0.1) is 5.92 Å². The first-order valence-corrected chi connectivity index (χ1v) is 7.68. The molecule has 1 fully saturated rings. The minimum atomic E-state index is 0.421. The second kappa shape index (κ2) is 8.90. The number of nitrogens with zero attached hydrogens (tertiary/aromatic N) is 2. The number of rotatable bonds is 9. The molecule has 0 saturated carbocycles. The highest BCUT2D eigenvalue weighted by atomic mass is 16.5. The van der Waals surface area contributed by atoms with E-state index in [4.69, 9.17) is 4.74 Å². The first-order chi connectivity index (χ1) is 9.01. The summed E-state index contributed by atoms with van der Waals surface area (Å²) in [6.45, 7) is 10.1. The molecule has 0 aromatic carbocycles. The van der Waals surface area contributed by atoms with Crippen LogP contribution in [-0.2, 0) is 4.74 Å². The Morgan fingerprint density at radius 3 is 2.42 bits per heavy atom. The van der Waals surface area contributed by atoms with Crippen LogP contribution in [0.25, 0.3) is 0 Å². The van der Waals surface area contributed by atoms with Crippen molar-refractivity contribution in [2.75, 3.05) is 53.9 Å². The summed E-state index contributed by atoms with van der Waals surface area (Å²) in [7, 11) is 6.28. The Kier molecular flexibility index (Phi) is 7.91. The van der Waals surface area contributed by atoms with Crippen LogP contribution in [0.2, 0.25) is 0 Å². The van der Waals surface area contributed by atoms with E-state index in [0.717, 1.165) is 32.1 Å². The molecule has 1 rings (SSSR count). The van der Waals surface area contributed by atoms with Crippen molar-refractivity contribution in [3.8, 4) is 0 Å². The Hall–Kier alpha value is -0.160. The maximum atomic E-state index is 6.10. The first-order valence-electron chi connectivity index (χ1n) is 7.68. The van der Waals surface area contributed by atoms with Gasteiger partial charge in [-0.05, 0) is 39.9 Å². The molecular formula is C15H33N3O. The molecule has 1 aliphatic heterocycles. The quantitative estimate of drug-likeness (QED) is 0.683. The van der Waals surface area contributed by atoms with Gasteiger partial charge in [0.05, 0.1) is 12.2 Å². The molecule has 1 N–H and O–H groups in total. The van der Waals surface area contributed by atoms with E-state index in [1.807, 2.05) is 7.05 Å². The summed E-state index contributed by atoms with van der Waals surface area (Å²) in [6, 6.07) is 0. The molecule has 0 amide bonds. The molecule has 1 heterocycles. The van der Waals surface area contributed by atoms with Gasteiger partial charge in [0, 0.05) is 32.7 Å². The van der Waals surface area contributed by atoms with Gasteiger partial charge in [0.15, 0.2) is 0 Å². The lowest BCUT2D eigenvalue weighted by molar-refractivity contribution is 0.0210. The summed E-state index contributed by atoms with van der Waals surface area (Å²) in [6.07, 6.45) is 3.27. The van der Waals surface area contributed by atoms with E-state index < -0.39 is 0 Å². The fourth-order valence-corrected chi connectivity index (χ4v) is 2.70. The minimum Gasteiger partial charge on any atom is -0.372 e. The molecule has 0 aromatic heterocycles. The standard InChI is InChI=1S/C15H33N3O/c1-13(2)11-18(9-8-17(4)5)12-15-7-6-14(19-15)10-16-3/h13-16H,6-12H2,1-5H3. The molecule has 114 valence electrons. The third kappa shape index (κ3) is 7.25. The van der Waals surface area contributed by atoms with Crippen molar-refractivity contribution >= 4 is 0 Å². The van der Waals surface area contributed by atoms with E-state index in [-0.39, 0.29) is 0 Å². The molecule has 0 bridgehead atoms. The molecule has 0 spiro atoms. The van der Waals surface area contributed by atoms with E-state index in [2.05, 4.69) is 43.1 Å². The van der Waals surface area contributed by atoms with Crippen LogP contribution < -0.4 is 5.32 Å². The third-order valence-electron chi connectivity index (χ3n) is 3.58. The van der Waals surface area contributed by atoms with Crippen molar-refractivity contribution in [3.05, 3.63) is 0 Å². The fraction of sp³-hybridized carbons (Fsp3) is 1.00. The smallest absolute Gasteiger partial charge is 0.0707 e. The molecule has 4 nitrogen and oxygen atoms in total. The van der Waals surface area contributed by atoms with Gasteiger partial charge < -0.3 is 15.0 Å². The van der Waals surface area contributed by atoms with Crippen molar-refractivity contribution in [1.29, 1.82) is 0 Å². The second-order valence-electron chi connectivity index (χ2n) is 6.47. The number of likely N-dealkylation sites (N-methyl/N-ethyl adjacent to an activating group) is 2. The van der Waals surface area contributed by atoms with Gasteiger partial charge in [0.25, 0.3) is 0 Å². The van der Waals surface area contributed by atoms with Crippen molar-refractivity contribution in [2.24, 2.45) is 5.92 Å². The van der Waals surface area contributed by atoms with Gasteiger partial charge >= 0.3 is 0 Å². The molecule has 2 atom stereocenters. The Bertz CT molecular complexity index is 233. The maximum absolute atomic E-state index is 6.10. The lowest BCUT2D eigenvalue weighted by Gasteiger charge is -2.28. The molecule has 0 radical (unpaired) electrons. The predicted molar refractivity (Wildman–Crippen MR) is 81.7 cm³/mol. The van der Waals surface area contributed by atoms with Crippen molar-refractivity contribution in [2.45, 2.75) is 38.9 Å². The molecule has 19 heavy (non-hydrogen) atoms. The summed E-state index contributed by atoms with van der Waals surface area (Å²) in [5, 5.41) is 3.21. The largest absolute Gasteiger partial charge is 0.372 e. The van der Waals surface area contributed by atoms with Gasteiger partial charge in [-0.2, -0.15) is 0 Å². The van der Waals surface area contributed by atoms with Crippen LogP contribution in [-0.4, -0.2) is 75.9 Å². The number of nitrogens with one attached hydrogen (secondary N) is 1. The van der Waals surface area contributed by atoms with E-state index in [1.54, 1.807) is 0 Å². The average Bonchev–Trinajstić information content (AvgIpc) is 2.73. The van der Waals surface area contributed by atoms with Crippen LogP contribution in [0.4, 0.5) is 0 Å². The normalized spacial score (nSPS) is 24.0. The average molecular weight is 271 g/mol. The summed E-state index contributed by atoms with van der Waals surface area (Å²) < 4.78 is 6.10. The van der Waals surface area contributed by atoms with Gasteiger partial charge in [-0.25, -0.2) is 0 Å². The summed E-state index contributed by atoms with van der Waals surface area (Å²) >= 11 is 0. The third-order valence-corrected chi connectivity index (χ3v) is 3.58. The highest BCUT2D eigenvalue weighted by Gasteiger charge is 2.26. The van der Waals surface area contributed by atoms with Crippen molar-refractivity contribution in [1.82, 2.24) is 15.1 Å². The van der Waals surface area contributed by atoms with Crippen LogP contribution in [0.3, 0.4) is 0 Å². The summed E-state index contributed by atoms with van der Waals surface area (Å²) in [5.41, 5.74) is 0. The van der Waals surface area contributed by atoms with E-state index in [0.29, 0.717) is 12.2 Å². The van der Waals surface area contributed by atoms with Gasteiger partial charge in [-0.15, -0.1) is 0 Å². The summed E-state index contributed by atoms with van der Waals surface area (Å²) in [4.78, 5) is 4.82. The molecule has 0 aromatic rings. The number of hydrogen-bond acceptors (Lipinski definition) is 4. The SMILES string of the molecule is CNCC1CCC(CN(CCN(C)C)CC(C)C)O1. The number of ether oxygens (including phenoxy) is 1. The monoisotopic (exact) mass is 271 g/mol. The Morgan fingerprint density at radius 2 is 1.84 bits per heavy atom.